The molecule has 6 heteroatoms. The number of hydrogen-bond donors (Lipinski definition) is 0. The van der Waals surface area contributed by atoms with Crippen LogP contribution in [0.3, 0.4) is 0 Å². The van der Waals surface area contributed by atoms with Gasteiger partial charge in [-0.1, -0.05) is 0 Å². The maximum absolute atomic E-state index is 6.04. The standard InChI is InChI=1S/C21H32N4O2/c1-17-12-21(23(2)22-17)15-24-13-19-4-3-8-25(19)20(14-24)7-11-27-16-18-5-9-26-10-6-18/h3-4,8,12,18,20H,5-7,9-11,13-16H2,1-2H3. The molecule has 0 amide bonds. The molecule has 1 saturated heterocycles. The van der Waals surface area contributed by atoms with Gasteiger partial charge in [0.05, 0.1) is 11.4 Å². The van der Waals surface area contributed by atoms with Crippen LogP contribution in [0, 0.1) is 12.8 Å². The van der Waals surface area contributed by atoms with E-state index in [0.29, 0.717) is 12.0 Å². The molecule has 2 aromatic rings. The Kier molecular flexibility index (Phi) is 5.95. The number of aromatic nitrogens is 3. The number of aryl methyl sites for hydroxylation is 2. The van der Waals surface area contributed by atoms with Crippen molar-refractivity contribution in [3.63, 3.8) is 0 Å². The van der Waals surface area contributed by atoms with Crippen molar-refractivity contribution in [2.24, 2.45) is 13.0 Å². The number of ether oxygens (including phenoxy) is 2. The molecule has 0 saturated carbocycles. The molecule has 0 aromatic carbocycles. The quantitative estimate of drug-likeness (QED) is 0.701. The minimum Gasteiger partial charge on any atom is -0.381 e. The zero-order chi connectivity index (χ0) is 18.6. The molecular formula is C21H32N4O2. The summed E-state index contributed by atoms with van der Waals surface area (Å²) in [6.45, 7) is 8.57. The molecule has 0 bridgehead atoms. The van der Waals surface area contributed by atoms with Gasteiger partial charge in [-0.3, -0.25) is 9.58 Å². The van der Waals surface area contributed by atoms with Crippen molar-refractivity contribution in [1.82, 2.24) is 19.2 Å². The molecule has 4 rings (SSSR count). The molecule has 1 fully saturated rings. The lowest BCUT2D eigenvalue weighted by Gasteiger charge is -2.35. The zero-order valence-electron chi connectivity index (χ0n) is 16.6. The Labute approximate surface area is 162 Å². The van der Waals surface area contributed by atoms with E-state index < -0.39 is 0 Å². The number of nitrogens with zero attached hydrogens (tertiary/aromatic N) is 4. The molecule has 6 nitrogen and oxygen atoms in total. The summed E-state index contributed by atoms with van der Waals surface area (Å²) in [4.78, 5) is 2.54. The third-order valence-electron chi connectivity index (χ3n) is 5.89. The molecule has 2 aliphatic heterocycles. The Morgan fingerprint density at radius 1 is 1.30 bits per heavy atom. The first kappa shape index (κ1) is 18.7. The summed E-state index contributed by atoms with van der Waals surface area (Å²) in [5.41, 5.74) is 3.77. The first-order valence-electron chi connectivity index (χ1n) is 10.2. The van der Waals surface area contributed by atoms with Crippen LogP contribution in [0.1, 0.15) is 42.4 Å². The summed E-state index contributed by atoms with van der Waals surface area (Å²) < 4.78 is 15.9. The van der Waals surface area contributed by atoms with Crippen LogP contribution < -0.4 is 0 Å². The lowest BCUT2D eigenvalue weighted by molar-refractivity contribution is 0.0159. The lowest BCUT2D eigenvalue weighted by Crippen LogP contribution is -2.37. The van der Waals surface area contributed by atoms with Crippen LogP contribution in [0.4, 0.5) is 0 Å². The summed E-state index contributed by atoms with van der Waals surface area (Å²) >= 11 is 0. The fourth-order valence-electron chi connectivity index (χ4n) is 4.37. The SMILES string of the molecule is Cc1cc(CN2Cc3cccn3C(CCOCC3CCOCC3)C2)n(C)n1. The van der Waals surface area contributed by atoms with Gasteiger partial charge in [0.1, 0.15) is 0 Å². The molecule has 148 valence electrons. The van der Waals surface area contributed by atoms with E-state index in [9.17, 15) is 0 Å². The molecule has 0 aliphatic carbocycles. The van der Waals surface area contributed by atoms with E-state index >= 15 is 0 Å². The predicted octanol–water partition coefficient (Wildman–Crippen LogP) is 2.92. The second-order valence-corrected chi connectivity index (χ2v) is 8.05. The predicted molar refractivity (Wildman–Crippen MR) is 105 cm³/mol. The minimum absolute atomic E-state index is 0.479. The van der Waals surface area contributed by atoms with E-state index in [1.54, 1.807) is 0 Å². The van der Waals surface area contributed by atoms with Crippen LogP contribution in [-0.4, -0.2) is 52.2 Å². The average molecular weight is 373 g/mol. The van der Waals surface area contributed by atoms with Crippen molar-refractivity contribution < 1.29 is 9.47 Å². The van der Waals surface area contributed by atoms with Gasteiger partial charge < -0.3 is 14.0 Å². The molecule has 2 aromatic heterocycles. The van der Waals surface area contributed by atoms with E-state index in [1.165, 1.54) is 11.4 Å². The smallest absolute Gasteiger partial charge is 0.0597 e. The number of fused-ring (bicyclic) bond motifs is 1. The summed E-state index contributed by atoms with van der Waals surface area (Å²) in [6, 6.07) is 7.09. The van der Waals surface area contributed by atoms with Crippen molar-refractivity contribution in [2.45, 2.75) is 45.3 Å². The van der Waals surface area contributed by atoms with Crippen LogP contribution in [0.2, 0.25) is 0 Å². The Hall–Kier alpha value is -1.63. The minimum atomic E-state index is 0.479. The van der Waals surface area contributed by atoms with Crippen LogP contribution in [-0.2, 0) is 29.6 Å². The molecule has 1 atom stereocenters. The van der Waals surface area contributed by atoms with Gasteiger partial charge in [0, 0.05) is 71.0 Å². The number of rotatable bonds is 7. The summed E-state index contributed by atoms with van der Waals surface area (Å²) in [5, 5.41) is 4.49. The third-order valence-corrected chi connectivity index (χ3v) is 5.89. The highest BCUT2D eigenvalue weighted by Gasteiger charge is 2.25. The zero-order valence-corrected chi connectivity index (χ0v) is 16.6. The first-order chi connectivity index (χ1) is 13.2. The molecular weight excluding hydrogens is 340 g/mol. The Bertz CT molecular complexity index is 732. The maximum atomic E-state index is 6.04. The van der Waals surface area contributed by atoms with Crippen molar-refractivity contribution in [1.29, 1.82) is 0 Å². The summed E-state index contributed by atoms with van der Waals surface area (Å²) in [6.07, 6.45) is 5.57. The molecule has 27 heavy (non-hydrogen) atoms. The molecule has 0 spiro atoms. The summed E-state index contributed by atoms with van der Waals surface area (Å²) in [5.74, 6) is 0.678. The second kappa shape index (κ2) is 8.59. The van der Waals surface area contributed by atoms with Crippen LogP contribution in [0.25, 0.3) is 0 Å². The van der Waals surface area contributed by atoms with Crippen molar-refractivity contribution in [2.75, 3.05) is 33.0 Å². The molecule has 1 unspecified atom stereocenters. The van der Waals surface area contributed by atoms with E-state index in [0.717, 1.165) is 71.0 Å². The highest BCUT2D eigenvalue weighted by Crippen LogP contribution is 2.26. The Morgan fingerprint density at radius 3 is 2.93 bits per heavy atom. The van der Waals surface area contributed by atoms with E-state index in [2.05, 4.69) is 45.9 Å². The van der Waals surface area contributed by atoms with Crippen LogP contribution in [0.15, 0.2) is 24.4 Å². The first-order valence-corrected chi connectivity index (χ1v) is 10.2. The second-order valence-electron chi connectivity index (χ2n) is 8.05. The maximum Gasteiger partial charge on any atom is 0.0597 e. The molecule has 2 aliphatic rings. The summed E-state index contributed by atoms with van der Waals surface area (Å²) in [7, 11) is 2.04. The van der Waals surface area contributed by atoms with E-state index in [-0.39, 0.29) is 0 Å². The molecule has 0 N–H and O–H groups in total. The highest BCUT2D eigenvalue weighted by molar-refractivity contribution is 5.13. The fourth-order valence-corrected chi connectivity index (χ4v) is 4.37. The monoisotopic (exact) mass is 372 g/mol. The fraction of sp³-hybridized carbons (Fsp3) is 0.667. The van der Waals surface area contributed by atoms with Gasteiger partial charge in [0.25, 0.3) is 0 Å². The van der Waals surface area contributed by atoms with Gasteiger partial charge in [-0.15, -0.1) is 0 Å². The van der Waals surface area contributed by atoms with Crippen molar-refractivity contribution in [3.05, 3.63) is 41.5 Å². The number of hydrogen-bond acceptors (Lipinski definition) is 4. The molecule has 4 heterocycles. The molecule has 0 radical (unpaired) electrons. The van der Waals surface area contributed by atoms with E-state index in [4.69, 9.17) is 9.47 Å². The van der Waals surface area contributed by atoms with Crippen LogP contribution in [0.5, 0.6) is 0 Å². The largest absolute Gasteiger partial charge is 0.381 e. The van der Waals surface area contributed by atoms with Crippen molar-refractivity contribution >= 4 is 0 Å². The van der Waals surface area contributed by atoms with Gasteiger partial charge in [0.2, 0.25) is 0 Å². The van der Waals surface area contributed by atoms with Gasteiger partial charge in [-0.2, -0.15) is 5.10 Å². The van der Waals surface area contributed by atoms with Gasteiger partial charge in [0.15, 0.2) is 0 Å². The Morgan fingerprint density at radius 2 is 2.15 bits per heavy atom. The van der Waals surface area contributed by atoms with Gasteiger partial charge in [-0.25, -0.2) is 0 Å². The average Bonchev–Trinajstić information content (AvgIpc) is 3.25. The van der Waals surface area contributed by atoms with Gasteiger partial charge in [-0.05, 0) is 50.3 Å². The topological polar surface area (TPSA) is 44.5 Å². The van der Waals surface area contributed by atoms with Crippen molar-refractivity contribution in [3.8, 4) is 0 Å². The van der Waals surface area contributed by atoms with Crippen LogP contribution >= 0.6 is 0 Å². The normalized spacial score (nSPS) is 21.5. The third kappa shape index (κ3) is 4.62. The lowest BCUT2D eigenvalue weighted by atomic mass is 10.0. The Balaban J connectivity index is 1.32. The van der Waals surface area contributed by atoms with E-state index in [1.807, 2.05) is 11.7 Å². The van der Waals surface area contributed by atoms with Gasteiger partial charge >= 0.3 is 0 Å². The highest BCUT2D eigenvalue weighted by atomic mass is 16.5.